The van der Waals surface area contributed by atoms with Crippen LogP contribution in [0.1, 0.15) is 17.8 Å². The van der Waals surface area contributed by atoms with Crippen LogP contribution in [0, 0.1) is 0 Å². The Hall–Kier alpha value is -2.30. The Labute approximate surface area is 211 Å². The van der Waals surface area contributed by atoms with Crippen LogP contribution >= 0.6 is 35.0 Å². The Bertz CT molecular complexity index is 1160. The summed E-state index contributed by atoms with van der Waals surface area (Å²) in [5.41, 5.74) is 8.30. The van der Waals surface area contributed by atoms with Crippen molar-refractivity contribution in [3.63, 3.8) is 0 Å². The molecule has 8 nitrogen and oxygen atoms in total. The number of nitrogens with zero attached hydrogens (tertiary/aromatic N) is 2. The number of nitrogens with two attached hydrogens (primary N) is 1. The SMILES string of the molecule is NC(CS[C@@H]1C[C@@H](C(=O)NCc2nc3ccccc3[nH]2)N(Cc2ccc(Cl)cc2Cl)C1)C(=O)O. The summed E-state index contributed by atoms with van der Waals surface area (Å²) >= 11 is 13.9. The van der Waals surface area contributed by atoms with E-state index in [4.69, 9.17) is 34.0 Å². The number of carbonyl (C=O) groups is 2. The zero-order valence-electron chi connectivity index (χ0n) is 18.2. The molecule has 180 valence electrons. The number of rotatable bonds is 9. The number of halogens is 2. The van der Waals surface area contributed by atoms with Crippen LogP contribution in [0.2, 0.25) is 10.0 Å². The number of H-pyrrole nitrogens is 1. The quantitative estimate of drug-likeness (QED) is 0.340. The molecule has 1 fully saturated rings. The smallest absolute Gasteiger partial charge is 0.321 e. The molecule has 0 bridgehead atoms. The molecule has 2 heterocycles. The van der Waals surface area contributed by atoms with Gasteiger partial charge in [-0.1, -0.05) is 41.4 Å². The first-order chi connectivity index (χ1) is 16.3. The van der Waals surface area contributed by atoms with Gasteiger partial charge in [0.15, 0.2) is 0 Å². The molecule has 0 spiro atoms. The minimum atomic E-state index is -1.03. The minimum Gasteiger partial charge on any atom is -0.480 e. The van der Waals surface area contributed by atoms with Crippen molar-refractivity contribution in [3.8, 4) is 0 Å². The third kappa shape index (κ3) is 6.03. The second kappa shape index (κ2) is 11.0. The van der Waals surface area contributed by atoms with Gasteiger partial charge in [-0.25, -0.2) is 4.98 Å². The van der Waals surface area contributed by atoms with E-state index < -0.39 is 18.1 Å². The lowest BCUT2D eigenvalue weighted by Crippen LogP contribution is -2.42. The second-order valence-corrected chi connectivity index (χ2v) is 10.4. The topological polar surface area (TPSA) is 124 Å². The van der Waals surface area contributed by atoms with E-state index in [-0.39, 0.29) is 23.5 Å². The maximum Gasteiger partial charge on any atom is 0.321 e. The second-order valence-electron chi connectivity index (χ2n) is 8.24. The fourth-order valence-corrected chi connectivity index (χ4v) is 5.69. The van der Waals surface area contributed by atoms with E-state index >= 15 is 0 Å². The standard InChI is InChI=1S/C23H25Cl2N5O3S/c24-14-6-5-13(16(25)7-14)10-30-11-15(34-12-17(26)23(32)33)8-20(30)22(31)27-9-21-28-18-3-1-2-4-19(18)29-21/h1-7,15,17,20H,8-12,26H2,(H,27,31)(H,28,29)(H,32,33)/t15-,17?,20+/m1/s1. The average Bonchev–Trinajstić information content (AvgIpc) is 3.41. The molecule has 4 rings (SSSR count). The number of fused-ring (bicyclic) bond motifs is 1. The molecule has 0 saturated carbocycles. The van der Waals surface area contributed by atoms with Gasteiger partial charge in [0.25, 0.3) is 0 Å². The third-order valence-corrected chi connectivity index (χ3v) is 7.70. The monoisotopic (exact) mass is 521 g/mol. The predicted molar refractivity (Wildman–Crippen MR) is 135 cm³/mol. The van der Waals surface area contributed by atoms with Crippen molar-refractivity contribution < 1.29 is 14.7 Å². The van der Waals surface area contributed by atoms with Crippen LogP contribution in [0.25, 0.3) is 11.0 Å². The van der Waals surface area contributed by atoms with Crippen LogP contribution in [0.15, 0.2) is 42.5 Å². The van der Waals surface area contributed by atoms with Gasteiger partial charge in [-0.3, -0.25) is 14.5 Å². The molecule has 1 aromatic heterocycles. The normalized spacial score (nSPS) is 19.4. The van der Waals surface area contributed by atoms with Crippen LogP contribution in [0.4, 0.5) is 0 Å². The highest BCUT2D eigenvalue weighted by Gasteiger charge is 2.37. The molecule has 0 radical (unpaired) electrons. The molecule has 3 aromatic rings. The maximum atomic E-state index is 13.2. The Kier molecular flexibility index (Phi) is 8.00. The lowest BCUT2D eigenvalue weighted by molar-refractivity contribution is -0.138. The van der Waals surface area contributed by atoms with Crippen molar-refractivity contribution >= 4 is 57.9 Å². The number of hydrogen-bond donors (Lipinski definition) is 4. The van der Waals surface area contributed by atoms with E-state index in [1.807, 2.05) is 30.3 Å². The van der Waals surface area contributed by atoms with Crippen LogP contribution in [0.3, 0.4) is 0 Å². The third-order valence-electron chi connectivity index (χ3n) is 5.75. The summed E-state index contributed by atoms with van der Waals surface area (Å²) in [5, 5.41) is 13.2. The molecule has 1 aliphatic heterocycles. The van der Waals surface area contributed by atoms with Crippen molar-refractivity contribution in [1.29, 1.82) is 0 Å². The van der Waals surface area contributed by atoms with Crippen molar-refractivity contribution in [2.75, 3.05) is 12.3 Å². The Morgan fingerprint density at radius 3 is 2.82 bits per heavy atom. The number of amides is 1. The van der Waals surface area contributed by atoms with Crippen molar-refractivity contribution in [3.05, 3.63) is 63.9 Å². The van der Waals surface area contributed by atoms with Gasteiger partial charge in [0.05, 0.1) is 23.6 Å². The van der Waals surface area contributed by atoms with E-state index in [1.165, 1.54) is 11.8 Å². The van der Waals surface area contributed by atoms with Gasteiger partial charge in [0.1, 0.15) is 11.9 Å². The number of hydrogen-bond acceptors (Lipinski definition) is 6. The Balaban J connectivity index is 1.44. The summed E-state index contributed by atoms with van der Waals surface area (Å²) in [6.07, 6.45) is 0.578. The highest BCUT2D eigenvalue weighted by molar-refractivity contribution is 8.00. The van der Waals surface area contributed by atoms with E-state index in [0.717, 1.165) is 16.6 Å². The molecule has 5 N–H and O–H groups in total. The van der Waals surface area contributed by atoms with Gasteiger partial charge in [0.2, 0.25) is 5.91 Å². The van der Waals surface area contributed by atoms with E-state index in [2.05, 4.69) is 20.2 Å². The number of carboxylic acids is 1. The molecule has 0 aliphatic carbocycles. The molecule has 11 heteroatoms. The zero-order valence-corrected chi connectivity index (χ0v) is 20.5. The number of carbonyl (C=O) groups excluding carboxylic acids is 1. The first kappa shape index (κ1) is 24.8. The summed E-state index contributed by atoms with van der Waals surface area (Å²) in [4.78, 5) is 34.1. The van der Waals surface area contributed by atoms with Gasteiger partial charge in [-0.2, -0.15) is 11.8 Å². The Morgan fingerprint density at radius 1 is 1.29 bits per heavy atom. The maximum absolute atomic E-state index is 13.2. The number of nitrogens with one attached hydrogen (secondary N) is 2. The first-order valence-electron chi connectivity index (χ1n) is 10.8. The molecule has 1 unspecified atom stereocenters. The number of benzene rings is 2. The number of imidazole rings is 1. The van der Waals surface area contributed by atoms with E-state index in [1.54, 1.807) is 12.1 Å². The largest absolute Gasteiger partial charge is 0.480 e. The molecular weight excluding hydrogens is 497 g/mol. The number of aromatic nitrogens is 2. The van der Waals surface area contributed by atoms with Gasteiger partial charge in [0, 0.05) is 34.1 Å². The molecule has 3 atom stereocenters. The lowest BCUT2D eigenvalue weighted by atomic mass is 10.1. The number of likely N-dealkylation sites (tertiary alicyclic amines) is 1. The van der Waals surface area contributed by atoms with Crippen molar-refractivity contribution in [2.45, 2.75) is 36.8 Å². The van der Waals surface area contributed by atoms with Gasteiger partial charge < -0.3 is 21.1 Å². The summed E-state index contributed by atoms with van der Waals surface area (Å²) in [6.45, 7) is 1.36. The number of aliphatic carboxylic acids is 1. The number of thioether (sulfide) groups is 1. The molecule has 1 aliphatic rings. The highest BCUT2D eigenvalue weighted by atomic mass is 35.5. The molecule has 1 amide bonds. The van der Waals surface area contributed by atoms with Crippen LogP contribution in [-0.2, 0) is 22.7 Å². The van der Waals surface area contributed by atoms with Crippen LogP contribution < -0.4 is 11.1 Å². The van der Waals surface area contributed by atoms with Gasteiger partial charge in [-0.15, -0.1) is 0 Å². The van der Waals surface area contributed by atoms with Crippen LogP contribution in [-0.4, -0.2) is 61.5 Å². The summed E-state index contributed by atoms with van der Waals surface area (Å²) in [6, 6.07) is 11.7. The van der Waals surface area contributed by atoms with Gasteiger partial charge >= 0.3 is 5.97 Å². The van der Waals surface area contributed by atoms with Crippen molar-refractivity contribution in [2.24, 2.45) is 5.73 Å². The minimum absolute atomic E-state index is 0.0680. The summed E-state index contributed by atoms with van der Waals surface area (Å²) in [7, 11) is 0. The molecule has 34 heavy (non-hydrogen) atoms. The summed E-state index contributed by atoms with van der Waals surface area (Å²) in [5.74, 6) is -0.187. The number of aromatic amines is 1. The zero-order chi connectivity index (χ0) is 24.2. The Morgan fingerprint density at radius 2 is 2.09 bits per heavy atom. The number of carboxylic acid groups (broad SMARTS) is 1. The molecule has 1 saturated heterocycles. The first-order valence-corrected chi connectivity index (χ1v) is 12.6. The molecular formula is C23H25Cl2N5O3S. The fraction of sp³-hybridized carbons (Fsp3) is 0.348. The fourth-order valence-electron chi connectivity index (χ4n) is 3.99. The molecule has 2 aromatic carbocycles. The number of para-hydroxylation sites is 2. The van der Waals surface area contributed by atoms with Crippen molar-refractivity contribution in [1.82, 2.24) is 20.2 Å². The predicted octanol–water partition coefficient (Wildman–Crippen LogP) is 3.27. The van der Waals surface area contributed by atoms with Crippen LogP contribution in [0.5, 0.6) is 0 Å². The van der Waals surface area contributed by atoms with Gasteiger partial charge in [-0.05, 0) is 36.2 Å². The average molecular weight is 522 g/mol. The summed E-state index contributed by atoms with van der Waals surface area (Å²) < 4.78 is 0. The van der Waals surface area contributed by atoms with E-state index in [0.29, 0.717) is 35.4 Å². The van der Waals surface area contributed by atoms with E-state index in [9.17, 15) is 9.59 Å². The lowest BCUT2D eigenvalue weighted by Gasteiger charge is -2.24. The highest BCUT2D eigenvalue weighted by Crippen LogP contribution is 2.31.